The van der Waals surface area contributed by atoms with Crippen LogP contribution in [0.1, 0.15) is 28.0 Å². The molecule has 128 valence electrons. The molecule has 10 heteroatoms. The summed E-state index contributed by atoms with van der Waals surface area (Å²) in [4.78, 5) is 40.4. The molecule has 0 spiro atoms. The second kappa shape index (κ2) is 7.45. The Morgan fingerprint density at radius 3 is 2.72 bits per heavy atom. The number of thiazole rings is 2. The van der Waals surface area contributed by atoms with Gasteiger partial charge in [-0.2, -0.15) is 0 Å². The predicted molar refractivity (Wildman–Crippen MR) is 93.4 cm³/mol. The lowest BCUT2D eigenvalue weighted by Gasteiger charge is -2.01. The summed E-state index contributed by atoms with van der Waals surface area (Å²) in [6, 6.07) is 1.71. The van der Waals surface area contributed by atoms with Crippen molar-refractivity contribution < 1.29 is 14.3 Å². The fourth-order valence-electron chi connectivity index (χ4n) is 1.88. The number of anilines is 1. The van der Waals surface area contributed by atoms with Gasteiger partial charge in [-0.3, -0.25) is 4.79 Å². The minimum absolute atomic E-state index is 0.0173. The van der Waals surface area contributed by atoms with Crippen molar-refractivity contribution in [3.05, 3.63) is 40.1 Å². The Morgan fingerprint density at radius 1 is 1.24 bits per heavy atom. The number of aryl methyl sites for hydroxylation is 1. The van der Waals surface area contributed by atoms with E-state index in [1.54, 1.807) is 30.8 Å². The largest absolute Gasteiger partial charge is 0.455 e. The Kier molecular flexibility index (Phi) is 5.10. The van der Waals surface area contributed by atoms with Crippen molar-refractivity contribution >= 4 is 39.7 Å². The minimum Gasteiger partial charge on any atom is -0.455 e. The molecule has 0 aromatic carbocycles. The zero-order valence-electron chi connectivity index (χ0n) is 13.3. The van der Waals surface area contributed by atoms with Crippen LogP contribution in [0.25, 0.3) is 10.8 Å². The van der Waals surface area contributed by atoms with E-state index >= 15 is 0 Å². The maximum atomic E-state index is 12.3. The van der Waals surface area contributed by atoms with E-state index in [1.807, 2.05) is 0 Å². The highest BCUT2D eigenvalue weighted by molar-refractivity contribution is 7.17. The van der Waals surface area contributed by atoms with Crippen LogP contribution in [0.4, 0.5) is 5.13 Å². The lowest BCUT2D eigenvalue weighted by atomic mass is 10.4. The Labute approximate surface area is 151 Å². The molecule has 0 aliphatic rings. The average molecular weight is 375 g/mol. The van der Waals surface area contributed by atoms with E-state index in [4.69, 9.17) is 4.74 Å². The Balaban J connectivity index is 1.66. The van der Waals surface area contributed by atoms with Crippen LogP contribution in [0.3, 0.4) is 0 Å². The first-order valence-electron chi connectivity index (χ1n) is 7.17. The van der Waals surface area contributed by atoms with Crippen molar-refractivity contribution in [1.82, 2.24) is 19.9 Å². The molecule has 3 aromatic rings. The molecule has 1 amide bonds. The van der Waals surface area contributed by atoms with Gasteiger partial charge >= 0.3 is 5.97 Å². The van der Waals surface area contributed by atoms with Crippen LogP contribution >= 0.6 is 22.7 Å². The molecule has 3 aromatic heterocycles. The Bertz CT molecular complexity index is 907. The lowest BCUT2D eigenvalue weighted by Crippen LogP contribution is -2.07. The van der Waals surface area contributed by atoms with Crippen molar-refractivity contribution in [3.63, 3.8) is 0 Å². The third-order valence-corrected chi connectivity index (χ3v) is 4.86. The molecule has 0 bridgehead atoms. The second-order valence-corrected chi connectivity index (χ2v) is 6.76. The van der Waals surface area contributed by atoms with Crippen molar-refractivity contribution in [1.29, 1.82) is 0 Å². The summed E-state index contributed by atoms with van der Waals surface area (Å²) in [5, 5.41) is 5.34. The number of esters is 1. The molecule has 8 nitrogen and oxygen atoms in total. The van der Waals surface area contributed by atoms with Crippen molar-refractivity contribution in [2.75, 3.05) is 5.32 Å². The van der Waals surface area contributed by atoms with E-state index in [0.717, 1.165) is 0 Å². The van der Waals surface area contributed by atoms with Crippen LogP contribution in [0.5, 0.6) is 0 Å². The van der Waals surface area contributed by atoms with Gasteiger partial charge in [0.05, 0.1) is 11.4 Å². The molecule has 0 aliphatic heterocycles. The van der Waals surface area contributed by atoms with Gasteiger partial charge in [0.25, 0.3) is 0 Å². The summed E-state index contributed by atoms with van der Waals surface area (Å²) >= 11 is 2.45. The van der Waals surface area contributed by atoms with Gasteiger partial charge in [-0.1, -0.05) is 0 Å². The first-order valence-corrected chi connectivity index (χ1v) is 8.86. The van der Waals surface area contributed by atoms with Gasteiger partial charge in [0, 0.05) is 24.7 Å². The maximum Gasteiger partial charge on any atom is 0.350 e. The van der Waals surface area contributed by atoms with E-state index in [9.17, 15) is 9.59 Å². The second-order valence-electron chi connectivity index (χ2n) is 4.91. The van der Waals surface area contributed by atoms with Crippen LogP contribution in [0.15, 0.2) is 23.8 Å². The summed E-state index contributed by atoms with van der Waals surface area (Å²) in [5.41, 5.74) is 1.13. The summed E-state index contributed by atoms with van der Waals surface area (Å²) < 4.78 is 5.28. The molecule has 0 atom stereocenters. The summed E-state index contributed by atoms with van der Waals surface area (Å²) in [5.74, 6) is -0.214. The first-order chi connectivity index (χ1) is 12.0. The quantitative estimate of drug-likeness (QED) is 0.683. The number of aromatic nitrogens is 4. The number of nitrogens with one attached hydrogen (secondary N) is 1. The van der Waals surface area contributed by atoms with Gasteiger partial charge in [-0.15, -0.1) is 22.7 Å². The van der Waals surface area contributed by atoms with Crippen LogP contribution < -0.4 is 5.32 Å². The van der Waals surface area contributed by atoms with Gasteiger partial charge in [0.1, 0.15) is 11.5 Å². The number of carbonyl (C=O) groups excluding carboxylic acids is 2. The number of hydrogen-bond acceptors (Lipinski definition) is 9. The molecule has 0 aliphatic carbocycles. The zero-order valence-corrected chi connectivity index (χ0v) is 15.0. The molecular formula is C15H13N5O3S2. The van der Waals surface area contributed by atoms with Crippen LogP contribution in [0, 0.1) is 6.92 Å². The van der Waals surface area contributed by atoms with E-state index in [1.165, 1.54) is 29.6 Å². The Hall–Kier alpha value is -2.72. The molecule has 0 saturated heterocycles. The molecule has 0 unspecified atom stereocenters. The highest BCUT2D eigenvalue weighted by Gasteiger charge is 2.19. The molecule has 0 radical (unpaired) electrons. The van der Waals surface area contributed by atoms with E-state index in [0.29, 0.717) is 32.2 Å². The lowest BCUT2D eigenvalue weighted by molar-refractivity contribution is -0.114. The van der Waals surface area contributed by atoms with Gasteiger partial charge in [0.15, 0.2) is 16.0 Å². The molecule has 0 fully saturated rings. The SMILES string of the molecule is CC(=O)Nc1nc(COC(=O)c2sc(-c3ncccn3)nc2C)cs1. The van der Waals surface area contributed by atoms with Gasteiger partial charge in [-0.25, -0.2) is 24.7 Å². The minimum atomic E-state index is -0.480. The van der Waals surface area contributed by atoms with Crippen LogP contribution in [0.2, 0.25) is 0 Å². The zero-order chi connectivity index (χ0) is 17.8. The number of carbonyl (C=O) groups is 2. The number of hydrogen-bond donors (Lipinski definition) is 1. The van der Waals surface area contributed by atoms with Crippen LogP contribution in [-0.4, -0.2) is 31.8 Å². The molecule has 25 heavy (non-hydrogen) atoms. The molecule has 3 rings (SSSR count). The number of nitrogens with zero attached hydrogens (tertiary/aromatic N) is 4. The average Bonchev–Trinajstić information content (AvgIpc) is 3.19. The summed E-state index contributed by atoms with van der Waals surface area (Å²) in [6.45, 7) is 3.16. The van der Waals surface area contributed by atoms with Crippen molar-refractivity contribution in [2.45, 2.75) is 20.5 Å². The number of ether oxygens (including phenoxy) is 1. The highest BCUT2D eigenvalue weighted by Crippen LogP contribution is 2.26. The topological polar surface area (TPSA) is 107 Å². The molecule has 1 N–H and O–H groups in total. The third kappa shape index (κ3) is 4.22. The van der Waals surface area contributed by atoms with Crippen LogP contribution in [-0.2, 0) is 16.1 Å². The summed E-state index contributed by atoms with van der Waals surface area (Å²) in [7, 11) is 0. The van der Waals surface area contributed by atoms with E-state index in [2.05, 4.69) is 25.3 Å². The third-order valence-electron chi connectivity index (χ3n) is 2.92. The summed E-state index contributed by atoms with van der Waals surface area (Å²) in [6.07, 6.45) is 3.23. The monoisotopic (exact) mass is 375 g/mol. The molecule has 3 heterocycles. The molecule has 0 saturated carbocycles. The number of rotatable bonds is 5. The first kappa shape index (κ1) is 17.1. The maximum absolute atomic E-state index is 12.3. The number of amides is 1. The van der Waals surface area contributed by atoms with Crippen molar-refractivity contribution in [3.8, 4) is 10.8 Å². The van der Waals surface area contributed by atoms with Gasteiger partial charge in [0.2, 0.25) is 5.91 Å². The van der Waals surface area contributed by atoms with Crippen molar-refractivity contribution in [2.24, 2.45) is 0 Å². The van der Waals surface area contributed by atoms with E-state index < -0.39 is 5.97 Å². The smallest absolute Gasteiger partial charge is 0.350 e. The predicted octanol–water partition coefficient (Wildman–Crippen LogP) is 2.68. The van der Waals surface area contributed by atoms with Gasteiger partial charge in [-0.05, 0) is 13.0 Å². The fourth-order valence-corrected chi connectivity index (χ4v) is 3.53. The van der Waals surface area contributed by atoms with Gasteiger partial charge < -0.3 is 10.1 Å². The normalized spacial score (nSPS) is 10.5. The fraction of sp³-hybridized carbons (Fsp3) is 0.200. The highest BCUT2D eigenvalue weighted by atomic mass is 32.1. The standard InChI is InChI=1S/C15H13N5O3S2/c1-8-11(25-13(18-8)12-16-4-3-5-17-12)14(22)23-6-10-7-24-15(20-10)19-9(2)21/h3-5,7H,6H2,1-2H3,(H,19,20,21). The van der Waals surface area contributed by atoms with E-state index in [-0.39, 0.29) is 12.5 Å². The Morgan fingerprint density at radius 2 is 2.00 bits per heavy atom. The molecular weight excluding hydrogens is 362 g/mol.